The molecule has 1 heterocycles. The topological polar surface area (TPSA) is 75.4 Å². The molecule has 23 heavy (non-hydrogen) atoms. The van der Waals surface area contributed by atoms with E-state index in [0.717, 1.165) is 18.4 Å². The molecule has 3 amide bonds. The van der Waals surface area contributed by atoms with Crippen LogP contribution in [-0.2, 0) is 10.2 Å². The van der Waals surface area contributed by atoms with Crippen LogP contribution >= 0.6 is 11.6 Å². The lowest BCUT2D eigenvalue weighted by Crippen LogP contribution is -2.48. The Morgan fingerprint density at radius 2 is 2.17 bits per heavy atom. The number of carbonyl (C=O) groups is 2. The molecule has 5 nitrogen and oxygen atoms in total. The molecule has 2 rings (SSSR count). The summed E-state index contributed by atoms with van der Waals surface area (Å²) in [5, 5.41) is 3.70. The number of piperidine rings is 1. The van der Waals surface area contributed by atoms with Gasteiger partial charge >= 0.3 is 6.03 Å². The zero-order valence-corrected chi connectivity index (χ0v) is 14.4. The second kappa shape index (κ2) is 7.21. The third-order valence-corrected chi connectivity index (χ3v) is 4.65. The molecular formula is C17H24ClN3O2. The highest BCUT2D eigenvalue weighted by atomic mass is 35.5. The summed E-state index contributed by atoms with van der Waals surface area (Å²) in [6.45, 7) is 5.68. The van der Waals surface area contributed by atoms with Gasteiger partial charge in [-0.25, -0.2) is 4.79 Å². The van der Waals surface area contributed by atoms with E-state index in [0.29, 0.717) is 24.7 Å². The standard InChI is InChI=1S/C17H24ClN3O2/c1-17(2,13-6-3-7-14(18)9-13)11-20-15(22)12-5-4-8-21(10-12)16(19)23/h3,6-7,9,12H,4-5,8,10-11H2,1-2H3,(H2,19,23)(H,20,22). The zero-order valence-electron chi connectivity index (χ0n) is 13.6. The van der Waals surface area contributed by atoms with Gasteiger partial charge in [0.15, 0.2) is 0 Å². The first-order valence-electron chi connectivity index (χ1n) is 7.88. The predicted molar refractivity (Wildman–Crippen MR) is 91.4 cm³/mol. The number of urea groups is 1. The molecule has 0 radical (unpaired) electrons. The van der Waals surface area contributed by atoms with Crippen molar-refractivity contribution in [3.05, 3.63) is 34.9 Å². The van der Waals surface area contributed by atoms with E-state index in [9.17, 15) is 9.59 Å². The molecule has 0 spiro atoms. The van der Waals surface area contributed by atoms with E-state index < -0.39 is 6.03 Å². The fraction of sp³-hybridized carbons (Fsp3) is 0.529. The van der Waals surface area contributed by atoms with Crippen LogP contribution in [0.4, 0.5) is 4.79 Å². The zero-order chi connectivity index (χ0) is 17.0. The van der Waals surface area contributed by atoms with Gasteiger partial charge in [0.25, 0.3) is 0 Å². The molecule has 0 bridgehead atoms. The van der Waals surface area contributed by atoms with E-state index in [4.69, 9.17) is 17.3 Å². The van der Waals surface area contributed by atoms with Crippen molar-refractivity contribution in [2.24, 2.45) is 11.7 Å². The Morgan fingerprint density at radius 1 is 1.43 bits per heavy atom. The number of carbonyl (C=O) groups excluding carboxylic acids is 2. The van der Waals surface area contributed by atoms with Gasteiger partial charge in [0.2, 0.25) is 5.91 Å². The Labute approximate surface area is 142 Å². The molecule has 0 aromatic heterocycles. The third kappa shape index (κ3) is 4.61. The molecule has 6 heteroatoms. The van der Waals surface area contributed by atoms with Gasteiger partial charge in [-0.2, -0.15) is 0 Å². The summed E-state index contributed by atoms with van der Waals surface area (Å²) in [5.41, 5.74) is 6.16. The fourth-order valence-corrected chi connectivity index (χ4v) is 3.05. The average molecular weight is 338 g/mol. The Bertz CT molecular complexity index is 589. The number of benzene rings is 1. The van der Waals surface area contributed by atoms with Crippen LogP contribution in [0.25, 0.3) is 0 Å². The predicted octanol–water partition coefficient (Wildman–Crippen LogP) is 2.52. The molecular weight excluding hydrogens is 314 g/mol. The van der Waals surface area contributed by atoms with Crippen molar-refractivity contribution in [2.45, 2.75) is 32.1 Å². The highest BCUT2D eigenvalue weighted by Gasteiger charge is 2.29. The third-order valence-electron chi connectivity index (χ3n) is 4.41. The minimum absolute atomic E-state index is 0.0222. The Morgan fingerprint density at radius 3 is 2.83 bits per heavy atom. The Balaban J connectivity index is 1.94. The SMILES string of the molecule is CC(C)(CNC(=O)C1CCCN(C(N)=O)C1)c1cccc(Cl)c1. The number of hydrogen-bond donors (Lipinski definition) is 2. The van der Waals surface area contributed by atoms with E-state index in [2.05, 4.69) is 19.2 Å². The van der Waals surface area contributed by atoms with Crippen LogP contribution < -0.4 is 11.1 Å². The normalized spacial score (nSPS) is 18.6. The van der Waals surface area contributed by atoms with Crippen LogP contribution in [0.3, 0.4) is 0 Å². The van der Waals surface area contributed by atoms with Gasteiger partial charge in [-0.15, -0.1) is 0 Å². The van der Waals surface area contributed by atoms with Gasteiger partial charge in [0.1, 0.15) is 0 Å². The minimum atomic E-state index is -0.457. The van der Waals surface area contributed by atoms with Crippen LogP contribution in [-0.4, -0.2) is 36.5 Å². The molecule has 1 aliphatic heterocycles. The first-order chi connectivity index (χ1) is 10.8. The van der Waals surface area contributed by atoms with Gasteiger partial charge < -0.3 is 16.0 Å². The molecule has 1 aromatic rings. The summed E-state index contributed by atoms with van der Waals surface area (Å²) in [7, 11) is 0. The van der Waals surface area contributed by atoms with Gasteiger partial charge in [-0.3, -0.25) is 4.79 Å². The molecule has 1 aliphatic rings. The number of nitrogens with one attached hydrogen (secondary N) is 1. The van der Waals surface area contributed by atoms with Crippen LogP contribution in [0.2, 0.25) is 5.02 Å². The van der Waals surface area contributed by atoms with Crippen LogP contribution in [0.15, 0.2) is 24.3 Å². The van der Waals surface area contributed by atoms with Gasteiger partial charge in [0, 0.05) is 30.1 Å². The number of halogens is 1. The summed E-state index contributed by atoms with van der Waals surface area (Å²) >= 11 is 6.04. The largest absolute Gasteiger partial charge is 0.355 e. The molecule has 1 atom stereocenters. The smallest absolute Gasteiger partial charge is 0.314 e. The van der Waals surface area contributed by atoms with E-state index in [1.54, 1.807) is 0 Å². The van der Waals surface area contributed by atoms with Crippen molar-refractivity contribution in [3.63, 3.8) is 0 Å². The number of nitrogens with two attached hydrogens (primary N) is 1. The van der Waals surface area contributed by atoms with E-state index in [-0.39, 0.29) is 17.2 Å². The molecule has 126 valence electrons. The van der Waals surface area contributed by atoms with Crippen molar-refractivity contribution in [2.75, 3.05) is 19.6 Å². The highest BCUT2D eigenvalue weighted by Crippen LogP contribution is 2.25. The number of rotatable bonds is 4. The number of amides is 3. The van der Waals surface area contributed by atoms with Crippen molar-refractivity contribution in [3.8, 4) is 0 Å². The summed E-state index contributed by atoms with van der Waals surface area (Å²) in [4.78, 5) is 25.2. The molecule has 1 aromatic carbocycles. The van der Waals surface area contributed by atoms with Crippen LogP contribution in [0, 0.1) is 5.92 Å². The number of likely N-dealkylation sites (tertiary alicyclic amines) is 1. The van der Waals surface area contributed by atoms with Gasteiger partial charge in [-0.1, -0.05) is 37.6 Å². The summed E-state index contributed by atoms with van der Waals surface area (Å²) in [6.07, 6.45) is 1.59. The first kappa shape index (κ1) is 17.6. The summed E-state index contributed by atoms with van der Waals surface area (Å²) in [5.74, 6) is -0.211. The fourth-order valence-electron chi connectivity index (χ4n) is 2.86. The molecule has 3 N–H and O–H groups in total. The van der Waals surface area contributed by atoms with Crippen molar-refractivity contribution in [1.82, 2.24) is 10.2 Å². The maximum absolute atomic E-state index is 12.4. The number of primary amides is 1. The molecule has 0 aliphatic carbocycles. The summed E-state index contributed by atoms with van der Waals surface area (Å²) < 4.78 is 0. The maximum Gasteiger partial charge on any atom is 0.314 e. The average Bonchev–Trinajstić information content (AvgIpc) is 2.53. The number of nitrogens with zero attached hydrogens (tertiary/aromatic N) is 1. The second-order valence-electron chi connectivity index (χ2n) is 6.74. The van der Waals surface area contributed by atoms with Crippen LogP contribution in [0.1, 0.15) is 32.3 Å². The monoisotopic (exact) mass is 337 g/mol. The lowest BCUT2D eigenvalue weighted by Gasteiger charge is -2.32. The minimum Gasteiger partial charge on any atom is -0.355 e. The van der Waals surface area contributed by atoms with Crippen molar-refractivity contribution < 1.29 is 9.59 Å². The molecule has 1 saturated heterocycles. The lowest BCUT2D eigenvalue weighted by molar-refractivity contribution is -0.126. The van der Waals surface area contributed by atoms with Crippen molar-refractivity contribution in [1.29, 1.82) is 0 Å². The molecule has 0 saturated carbocycles. The molecule has 1 unspecified atom stereocenters. The van der Waals surface area contributed by atoms with Gasteiger partial charge in [-0.05, 0) is 30.5 Å². The molecule has 1 fully saturated rings. The Hall–Kier alpha value is -1.75. The maximum atomic E-state index is 12.4. The Kier molecular flexibility index (Phi) is 5.52. The highest BCUT2D eigenvalue weighted by molar-refractivity contribution is 6.30. The van der Waals surface area contributed by atoms with Gasteiger partial charge in [0.05, 0.1) is 5.92 Å². The number of hydrogen-bond acceptors (Lipinski definition) is 2. The second-order valence-corrected chi connectivity index (χ2v) is 7.17. The van der Waals surface area contributed by atoms with Crippen LogP contribution in [0.5, 0.6) is 0 Å². The van der Waals surface area contributed by atoms with E-state index in [1.165, 1.54) is 4.90 Å². The van der Waals surface area contributed by atoms with E-state index in [1.807, 2.05) is 24.3 Å². The van der Waals surface area contributed by atoms with Crippen molar-refractivity contribution >= 4 is 23.5 Å². The quantitative estimate of drug-likeness (QED) is 0.885. The summed E-state index contributed by atoms with van der Waals surface area (Å²) in [6, 6.07) is 7.21. The first-order valence-corrected chi connectivity index (χ1v) is 8.25. The lowest BCUT2D eigenvalue weighted by atomic mass is 9.84. The van der Waals surface area contributed by atoms with E-state index >= 15 is 0 Å².